The number of hydrogen-bond acceptors (Lipinski definition) is 3. The average Bonchev–Trinajstić information content (AvgIpc) is 2.48. The fraction of sp³-hybridized carbons (Fsp3) is 0.588. The summed E-state index contributed by atoms with van der Waals surface area (Å²) in [6.45, 7) is 5.16. The topological polar surface area (TPSA) is 47.6 Å². The van der Waals surface area contributed by atoms with Gasteiger partial charge in [0.1, 0.15) is 19.3 Å². The molecular weight excluding hydrogens is 342 g/mol. The molecule has 0 aromatic heterocycles. The van der Waals surface area contributed by atoms with E-state index in [9.17, 15) is 22.4 Å². The van der Waals surface area contributed by atoms with Crippen molar-refractivity contribution < 1.29 is 31.8 Å². The minimum absolute atomic E-state index is 0.0346. The number of hydrogen-bond donors (Lipinski definition) is 1. The van der Waals surface area contributed by atoms with Crippen LogP contribution in [0.1, 0.15) is 27.7 Å². The molecule has 1 amide bonds. The lowest BCUT2D eigenvalue weighted by molar-refractivity contribution is -0.186. The van der Waals surface area contributed by atoms with Gasteiger partial charge in [-0.3, -0.25) is 4.79 Å². The molecular formula is C17H23F4NO3. The minimum Gasteiger partial charge on any atom is -0.488 e. The summed E-state index contributed by atoms with van der Waals surface area (Å²) in [5, 5.41) is 2.60. The summed E-state index contributed by atoms with van der Waals surface area (Å²) in [5.74, 6) is -1.20. The molecule has 1 aromatic rings. The van der Waals surface area contributed by atoms with Gasteiger partial charge in [0.15, 0.2) is 11.6 Å². The molecule has 0 spiro atoms. The molecule has 8 heteroatoms. The van der Waals surface area contributed by atoms with Crippen LogP contribution < -0.4 is 10.1 Å². The van der Waals surface area contributed by atoms with Gasteiger partial charge in [0.2, 0.25) is 5.91 Å². The fourth-order valence-corrected chi connectivity index (χ4v) is 1.83. The van der Waals surface area contributed by atoms with Crippen LogP contribution in [-0.4, -0.2) is 37.4 Å². The van der Waals surface area contributed by atoms with Crippen LogP contribution in [0.5, 0.6) is 5.75 Å². The number of ether oxygens (including phenoxy) is 2. The lowest BCUT2D eigenvalue weighted by atomic mass is 9.87. The van der Waals surface area contributed by atoms with E-state index >= 15 is 0 Å². The monoisotopic (exact) mass is 365 g/mol. The van der Waals surface area contributed by atoms with Crippen LogP contribution in [-0.2, 0) is 9.53 Å². The number of benzene rings is 1. The lowest BCUT2D eigenvalue weighted by Crippen LogP contribution is -2.50. The number of alkyl halides is 3. The molecule has 0 fully saturated rings. The van der Waals surface area contributed by atoms with Crippen molar-refractivity contribution in [3.63, 3.8) is 0 Å². The third-order valence-electron chi connectivity index (χ3n) is 3.47. The van der Waals surface area contributed by atoms with Gasteiger partial charge in [0, 0.05) is 0 Å². The van der Waals surface area contributed by atoms with Crippen molar-refractivity contribution in [2.75, 3.05) is 13.2 Å². The second kappa shape index (κ2) is 8.51. The van der Waals surface area contributed by atoms with Crippen LogP contribution in [0.15, 0.2) is 24.3 Å². The molecule has 2 atom stereocenters. The maximum Gasteiger partial charge on any atom is 0.411 e. The van der Waals surface area contributed by atoms with Crippen LogP contribution >= 0.6 is 0 Å². The van der Waals surface area contributed by atoms with Crippen molar-refractivity contribution >= 4 is 5.91 Å². The second-order valence-corrected chi connectivity index (χ2v) is 6.74. The first-order chi connectivity index (χ1) is 11.4. The van der Waals surface area contributed by atoms with Gasteiger partial charge in [0.25, 0.3) is 0 Å². The Labute approximate surface area is 144 Å². The summed E-state index contributed by atoms with van der Waals surface area (Å²) in [6, 6.07) is 5.26. The number of amides is 1. The van der Waals surface area contributed by atoms with Gasteiger partial charge in [0.05, 0.1) is 6.04 Å². The maximum absolute atomic E-state index is 13.6. The van der Waals surface area contributed by atoms with Crippen LogP contribution in [0.2, 0.25) is 0 Å². The van der Waals surface area contributed by atoms with Crippen molar-refractivity contribution in [3.05, 3.63) is 30.1 Å². The highest BCUT2D eigenvalue weighted by atomic mass is 19.4. The number of carbonyl (C=O) groups is 1. The molecule has 0 saturated heterocycles. The Morgan fingerprint density at radius 3 is 2.32 bits per heavy atom. The smallest absolute Gasteiger partial charge is 0.411 e. The van der Waals surface area contributed by atoms with Gasteiger partial charge >= 0.3 is 6.18 Å². The fourth-order valence-electron chi connectivity index (χ4n) is 1.83. The van der Waals surface area contributed by atoms with Crippen LogP contribution in [0, 0.1) is 11.2 Å². The lowest BCUT2D eigenvalue weighted by Gasteiger charge is -2.32. The van der Waals surface area contributed by atoms with E-state index in [1.54, 1.807) is 6.07 Å². The predicted molar refractivity (Wildman–Crippen MR) is 84.7 cm³/mol. The van der Waals surface area contributed by atoms with Crippen molar-refractivity contribution in [1.82, 2.24) is 5.32 Å². The molecule has 1 rings (SSSR count). The Bertz CT molecular complexity index is 570. The van der Waals surface area contributed by atoms with Gasteiger partial charge in [-0.2, -0.15) is 13.2 Å². The zero-order chi connectivity index (χ0) is 19.3. The van der Waals surface area contributed by atoms with Crippen molar-refractivity contribution in [3.8, 4) is 5.75 Å². The number of carbonyl (C=O) groups excluding carboxylic acids is 1. The van der Waals surface area contributed by atoms with E-state index in [1.165, 1.54) is 25.1 Å². The van der Waals surface area contributed by atoms with Gasteiger partial charge in [-0.15, -0.1) is 0 Å². The summed E-state index contributed by atoms with van der Waals surface area (Å²) in [6.07, 6.45) is -5.79. The zero-order valence-electron chi connectivity index (χ0n) is 14.6. The van der Waals surface area contributed by atoms with E-state index in [0.29, 0.717) is 0 Å². The quantitative estimate of drug-likeness (QED) is 0.750. The molecule has 1 aromatic carbocycles. The molecule has 0 heterocycles. The van der Waals surface area contributed by atoms with Crippen molar-refractivity contribution in [2.45, 2.75) is 46.0 Å². The normalized spacial score (nSPS) is 14.7. The second-order valence-electron chi connectivity index (χ2n) is 6.74. The largest absolute Gasteiger partial charge is 0.488 e. The molecule has 0 saturated carbocycles. The SMILES string of the molecule is CC(OCC(F)(F)F)C(=O)NC(COc1ccccc1F)C(C)(C)C. The highest BCUT2D eigenvalue weighted by molar-refractivity contribution is 5.80. The third kappa shape index (κ3) is 7.72. The number of para-hydroxylation sites is 1. The van der Waals surface area contributed by atoms with E-state index in [2.05, 4.69) is 10.1 Å². The molecule has 0 aliphatic rings. The zero-order valence-corrected chi connectivity index (χ0v) is 14.6. The first-order valence-electron chi connectivity index (χ1n) is 7.76. The summed E-state index contributed by atoms with van der Waals surface area (Å²) < 4.78 is 60.0. The molecule has 2 unspecified atom stereocenters. The van der Waals surface area contributed by atoms with E-state index in [-0.39, 0.29) is 12.4 Å². The standard InChI is InChI=1S/C17H23F4NO3/c1-11(25-10-17(19,20)21)15(23)22-14(16(2,3)4)9-24-13-8-6-5-7-12(13)18/h5-8,11,14H,9-10H2,1-4H3,(H,22,23). The molecule has 0 radical (unpaired) electrons. The van der Waals surface area contributed by atoms with Crippen LogP contribution in [0.3, 0.4) is 0 Å². The van der Waals surface area contributed by atoms with Crippen LogP contribution in [0.4, 0.5) is 17.6 Å². The number of rotatable bonds is 7. The van der Waals surface area contributed by atoms with Crippen LogP contribution in [0.25, 0.3) is 0 Å². The van der Waals surface area contributed by atoms with E-state index in [0.717, 1.165) is 0 Å². The van der Waals surface area contributed by atoms with Gasteiger partial charge in [-0.25, -0.2) is 4.39 Å². The molecule has 1 N–H and O–H groups in total. The Morgan fingerprint density at radius 2 is 1.80 bits per heavy atom. The average molecular weight is 365 g/mol. The Kier molecular flexibility index (Phi) is 7.22. The summed E-state index contributed by atoms with van der Waals surface area (Å²) >= 11 is 0. The minimum atomic E-state index is -4.51. The third-order valence-corrected chi connectivity index (χ3v) is 3.47. The Balaban J connectivity index is 2.67. The molecule has 0 aliphatic heterocycles. The molecule has 0 aliphatic carbocycles. The van der Waals surface area contributed by atoms with E-state index in [4.69, 9.17) is 4.74 Å². The molecule has 25 heavy (non-hydrogen) atoms. The summed E-state index contributed by atoms with van der Waals surface area (Å²) in [4.78, 5) is 12.1. The maximum atomic E-state index is 13.6. The Morgan fingerprint density at radius 1 is 1.20 bits per heavy atom. The first-order valence-corrected chi connectivity index (χ1v) is 7.76. The number of halogens is 4. The number of nitrogens with one attached hydrogen (secondary N) is 1. The van der Waals surface area contributed by atoms with E-state index < -0.39 is 42.1 Å². The summed E-state index contributed by atoms with van der Waals surface area (Å²) in [5.41, 5.74) is -0.468. The first kappa shape index (κ1) is 21.2. The van der Waals surface area contributed by atoms with Gasteiger partial charge in [-0.1, -0.05) is 32.9 Å². The van der Waals surface area contributed by atoms with Gasteiger partial charge < -0.3 is 14.8 Å². The van der Waals surface area contributed by atoms with Gasteiger partial charge in [-0.05, 0) is 24.5 Å². The summed E-state index contributed by atoms with van der Waals surface area (Å²) in [7, 11) is 0. The Hall–Kier alpha value is -1.83. The highest BCUT2D eigenvalue weighted by Crippen LogP contribution is 2.22. The highest BCUT2D eigenvalue weighted by Gasteiger charge is 2.32. The van der Waals surface area contributed by atoms with Crippen molar-refractivity contribution in [1.29, 1.82) is 0 Å². The van der Waals surface area contributed by atoms with E-state index in [1.807, 2.05) is 20.8 Å². The van der Waals surface area contributed by atoms with Crippen molar-refractivity contribution in [2.24, 2.45) is 5.41 Å². The molecule has 142 valence electrons. The predicted octanol–water partition coefficient (Wildman–Crippen LogP) is 3.70. The molecule has 4 nitrogen and oxygen atoms in total. The molecule has 0 bridgehead atoms.